The first-order valence-corrected chi connectivity index (χ1v) is 12.1. The Morgan fingerprint density at radius 3 is 2.00 bits per heavy atom. The van der Waals surface area contributed by atoms with Crippen molar-refractivity contribution in [2.75, 3.05) is 0 Å². The average Bonchev–Trinajstić information content (AvgIpc) is 2.80. The van der Waals surface area contributed by atoms with Gasteiger partial charge in [0, 0.05) is 23.3 Å². The predicted molar refractivity (Wildman–Crippen MR) is 152 cm³/mol. The zero-order valence-corrected chi connectivity index (χ0v) is 23.6. The van der Waals surface area contributed by atoms with Crippen LogP contribution in [-0.2, 0) is 4.79 Å². The van der Waals surface area contributed by atoms with Crippen molar-refractivity contribution in [3.05, 3.63) is 46.6 Å². The third-order valence-corrected chi connectivity index (χ3v) is 4.02. The van der Waals surface area contributed by atoms with E-state index in [1.165, 1.54) is 16.7 Å². The standard InChI is InChI=1S/C20H26O.C6H10.2C2H6.C2H2/c1-6-8-9-18(7-2)13-20-11-15(3)10-19(14-20)12-16(4)17(5)21;1-5-6(2,3)4;3*1-2/h7,10,13-14,16H,6,11-12H2,1-5H3;1H,2-4H3;2*1-2H3;1-2H/b18-7-,20-13+;;;;. The zero-order chi connectivity index (χ0) is 27.0. The minimum atomic E-state index is 0.0694. The molecule has 1 aliphatic rings. The van der Waals surface area contributed by atoms with Crippen LogP contribution in [0.4, 0.5) is 0 Å². The Bertz CT molecular complexity index is 768. The Hall–Kier alpha value is -2.69. The highest BCUT2D eigenvalue weighted by Gasteiger charge is 2.13. The second kappa shape index (κ2) is 24.0. The van der Waals surface area contributed by atoms with Gasteiger partial charge in [-0.2, -0.15) is 0 Å². The Labute approximate surface area is 207 Å². The number of carbonyl (C=O) groups is 1. The SMILES string of the molecule is C#C.C#CC(C)(C)C.C/C=C(C#CCC)\C=C1\C=C(CC(C)C(C)=O)C=C(C)C1.CC.CC. The van der Waals surface area contributed by atoms with E-state index in [1.807, 2.05) is 62.3 Å². The summed E-state index contributed by atoms with van der Waals surface area (Å²) < 4.78 is 0. The van der Waals surface area contributed by atoms with Crippen molar-refractivity contribution in [3.63, 3.8) is 0 Å². The highest BCUT2D eigenvalue weighted by Crippen LogP contribution is 2.27. The molecule has 1 aliphatic carbocycles. The van der Waals surface area contributed by atoms with Crippen molar-refractivity contribution >= 4 is 5.78 Å². The van der Waals surface area contributed by atoms with Gasteiger partial charge in [-0.1, -0.05) is 77.2 Å². The minimum Gasteiger partial charge on any atom is -0.300 e. The largest absolute Gasteiger partial charge is 0.300 e. The lowest BCUT2D eigenvalue weighted by molar-refractivity contribution is -0.120. The van der Waals surface area contributed by atoms with Gasteiger partial charge in [0.05, 0.1) is 0 Å². The van der Waals surface area contributed by atoms with Gasteiger partial charge in [0.25, 0.3) is 0 Å². The van der Waals surface area contributed by atoms with Crippen LogP contribution < -0.4 is 0 Å². The topological polar surface area (TPSA) is 17.1 Å². The number of carbonyl (C=O) groups excluding carboxylic acids is 1. The van der Waals surface area contributed by atoms with Crippen molar-refractivity contribution in [2.45, 2.75) is 102 Å². The van der Waals surface area contributed by atoms with Crippen LogP contribution in [0.5, 0.6) is 0 Å². The first-order chi connectivity index (χ1) is 15.5. The van der Waals surface area contributed by atoms with E-state index >= 15 is 0 Å². The lowest BCUT2D eigenvalue weighted by Gasteiger charge is -2.16. The molecule has 0 radical (unpaired) electrons. The van der Waals surface area contributed by atoms with Crippen LogP contribution >= 0.6 is 0 Å². The Morgan fingerprint density at radius 1 is 1.15 bits per heavy atom. The highest BCUT2D eigenvalue weighted by molar-refractivity contribution is 5.78. The molecule has 0 bridgehead atoms. The molecule has 0 aromatic heterocycles. The number of rotatable bonds is 4. The van der Waals surface area contributed by atoms with E-state index < -0.39 is 0 Å². The van der Waals surface area contributed by atoms with Gasteiger partial charge in [-0.3, -0.25) is 4.79 Å². The molecule has 1 unspecified atom stereocenters. The molecular formula is C32H50O. The molecule has 0 saturated carbocycles. The predicted octanol–water partition coefficient (Wildman–Crippen LogP) is 9.13. The van der Waals surface area contributed by atoms with E-state index in [1.54, 1.807) is 6.92 Å². The lowest BCUT2D eigenvalue weighted by Crippen LogP contribution is -2.08. The fourth-order valence-electron chi connectivity index (χ4n) is 2.31. The number of hydrogen-bond donors (Lipinski definition) is 0. The maximum absolute atomic E-state index is 11.4. The first kappa shape index (κ1) is 37.6. The van der Waals surface area contributed by atoms with Crippen LogP contribution in [0.2, 0.25) is 0 Å². The number of terminal acetylenes is 2. The summed E-state index contributed by atoms with van der Waals surface area (Å²) in [7, 11) is 0. The minimum absolute atomic E-state index is 0.0694. The van der Waals surface area contributed by atoms with Gasteiger partial charge < -0.3 is 0 Å². The molecule has 0 aliphatic heterocycles. The van der Waals surface area contributed by atoms with Crippen molar-refractivity contribution in [2.24, 2.45) is 11.3 Å². The van der Waals surface area contributed by atoms with E-state index in [0.29, 0.717) is 0 Å². The third kappa shape index (κ3) is 23.8. The van der Waals surface area contributed by atoms with Crippen LogP contribution in [0.3, 0.4) is 0 Å². The molecule has 1 rings (SSSR count). The molecule has 0 amide bonds. The summed E-state index contributed by atoms with van der Waals surface area (Å²) in [6.45, 7) is 23.9. The normalized spacial score (nSPS) is 14.1. The maximum atomic E-state index is 11.4. The monoisotopic (exact) mass is 450 g/mol. The second-order valence-electron chi connectivity index (χ2n) is 8.12. The van der Waals surface area contributed by atoms with Gasteiger partial charge in [0.2, 0.25) is 0 Å². The molecule has 0 saturated heterocycles. The van der Waals surface area contributed by atoms with Crippen molar-refractivity contribution in [1.82, 2.24) is 0 Å². The molecule has 0 aromatic carbocycles. The number of allylic oxidation sites excluding steroid dienone is 8. The van der Waals surface area contributed by atoms with Gasteiger partial charge in [-0.05, 0) is 71.6 Å². The van der Waals surface area contributed by atoms with Crippen LogP contribution in [0.15, 0.2) is 46.6 Å². The first-order valence-electron chi connectivity index (χ1n) is 12.1. The van der Waals surface area contributed by atoms with Crippen LogP contribution in [-0.4, -0.2) is 5.78 Å². The quantitative estimate of drug-likeness (QED) is 0.390. The summed E-state index contributed by atoms with van der Waals surface area (Å²) >= 11 is 0. The van der Waals surface area contributed by atoms with Gasteiger partial charge in [-0.25, -0.2) is 0 Å². The average molecular weight is 451 g/mol. The van der Waals surface area contributed by atoms with E-state index in [4.69, 9.17) is 6.42 Å². The van der Waals surface area contributed by atoms with E-state index in [-0.39, 0.29) is 17.1 Å². The molecule has 0 heterocycles. The van der Waals surface area contributed by atoms with Gasteiger partial charge >= 0.3 is 0 Å². The van der Waals surface area contributed by atoms with Gasteiger partial charge in [0.15, 0.2) is 0 Å². The van der Waals surface area contributed by atoms with Gasteiger partial charge in [-0.15, -0.1) is 25.2 Å². The Kier molecular flexibility index (Phi) is 27.3. The molecular weight excluding hydrogens is 400 g/mol. The Balaban J connectivity index is -0.000000295. The summed E-state index contributed by atoms with van der Waals surface area (Å²) in [6, 6.07) is 0. The van der Waals surface area contributed by atoms with Crippen molar-refractivity contribution < 1.29 is 4.79 Å². The number of ketones is 1. The molecule has 184 valence electrons. The molecule has 1 atom stereocenters. The van der Waals surface area contributed by atoms with Crippen LogP contribution in [0, 0.1) is 48.4 Å². The third-order valence-electron chi connectivity index (χ3n) is 4.02. The second-order valence-corrected chi connectivity index (χ2v) is 8.12. The number of Topliss-reactive ketones (excluding diaryl/α,β-unsaturated/α-hetero) is 1. The summed E-state index contributed by atoms with van der Waals surface area (Å²) in [5.41, 5.74) is 5.00. The molecule has 0 fully saturated rings. The van der Waals surface area contributed by atoms with Crippen LogP contribution in [0.1, 0.15) is 102 Å². The summed E-state index contributed by atoms with van der Waals surface area (Å²) in [5.74, 6) is 9.24. The van der Waals surface area contributed by atoms with E-state index in [2.05, 4.69) is 68.8 Å². The van der Waals surface area contributed by atoms with E-state index in [9.17, 15) is 4.79 Å². The fraction of sp³-hybridized carbons (Fsp3) is 0.531. The molecule has 0 spiro atoms. The summed E-state index contributed by atoms with van der Waals surface area (Å²) in [5, 5.41) is 0. The van der Waals surface area contributed by atoms with Crippen molar-refractivity contribution in [1.29, 1.82) is 0 Å². The Morgan fingerprint density at radius 2 is 1.64 bits per heavy atom. The summed E-state index contributed by atoms with van der Waals surface area (Å²) in [6.07, 6.45) is 24.3. The molecule has 0 N–H and O–H groups in total. The number of hydrogen-bond acceptors (Lipinski definition) is 1. The van der Waals surface area contributed by atoms with E-state index in [0.717, 1.165) is 24.8 Å². The molecule has 33 heavy (non-hydrogen) atoms. The molecule has 0 aromatic rings. The molecule has 1 nitrogen and oxygen atoms in total. The summed E-state index contributed by atoms with van der Waals surface area (Å²) in [4.78, 5) is 11.4. The van der Waals surface area contributed by atoms with Crippen molar-refractivity contribution in [3.8, 4) is 37.0 Å². The molecule has 1 heteroatoms. The lowest BCUT2D eigenvalue weighted by atomic mass is 9.89. The maximum Gasteiger partial charge on any atom is 0.132 e. The smallest absolute Gasteiger partial charge is 0.132 e. The van der Waals surface area contributed by atoms with Gasteiger partial charge in [0.1, 0.15) is 5.78 Å². The fourth-order valence-corrected chi connectivity index (χ4v) is 2.31. The zero-order valence-electron chi connectivity index (χ0n) is 23.6. The highest BCUT2D eigenvalue weighted by atomic mass is 16.1. The van der Waals surface area contributed by atoms with Crippen LogP contribution in [0.25, 0.3) is 0 Å².